The zero-order chi connectivity index (χ0) is 14.6. The Balaban J connectivity index is 2.79. The van der Waals surface area contributed by atoms with Crippen LogP contribution in [0.5, 0.6) is 0 Å². The van der Waals surface area contributed by atoms with Crippen LogP contribution >= 0.6 is 0 Å². The molecule has 0 radical (unpaired) electrons. The molecule has 0 saturated carbocycles. The summed E-state index contributed by atoms with van der Waals surface area (Å²) in [7, 11) is 0. The van der Waals surface area contributed by atoms with Gasteiger partial charge in [0.1, 0.15) is 24.4 Å². The number of hydrogen-bond acceptors (Lipinski definition) is 7. The lowest BCUT2D eigenvalue weighted by atomic mass is 9.96. The van der Waals surface area contributed by atoms with Crippen molar-refractivity contribution in [3.63, 3.8) is 0 Å². The minimum Gasteiger partial charge on any atom is -0.399 e. The number of anilines is 1. The van der Waals surface area contributed by atoms with E-state index in [9.17, 15) is 20.1 Å². The highest BCUT2D eigenvalue weighted by molar-refractivity contribution is 5.99. The number of ketones is 1. The van der Waals surface area contributed by atoms with Gasteiger partial charge in [0.2, 0.25) is 0 Å². The maximum Gasteiger partial charge on any atom is 0.194 e. The number of aliphatic hydroxyl groups is 5. The summed E-state index contributed by atoms with van der Waals surface area (Å²) in [4.78, 5) is 11.8. The number of hydrogen-bond donors (Lipinski definition) is 6. The van der Waals surface area contributed by atoms with E-state index < -0.39 is 36.8 Å². The molecule has 1 aromatic rings. The third kappa shape index (κ3) is 3.72. The predicted octanol–water partition coefficient (Wildman–Crippen LogP) is -2.11. The molecular weight excluding hydrogens is 254 g/mol. The molecular formula is C12H17NO6. The topological polar surface area (TPSA) is 144 Å². The number of nitrogen functional groups attached to an aromatic ring is 1. The van der Waals surface area contributed by atoms with E-state index in [0.29, 0.717) is 5.69 Å². The summed E-state index contributed by atoms with van der Waals surface area (Å²) in [6.45, 7) is -0.805. The first kappa shape index (κ1) is 15.5. The Kier molecular flexibility index (Phi) is 5.40. The fourth-order valence-electron chi connectivity index (χ4n) is 1.50. The Morgan fingerprint density at radius 1 is 1.05 bits per heavy atom. The van der Waals surface area contributed by atoms with Gasteiger partial charge in [-0.1, -0.05) is 0 Å². The minimum absolute atomic E-state index is 0.103. The highest BCUT2D eigenvalue weighted by atomic mass is 16.4. The molecule has 0 aliphatic rings. The van der Waals surface area contributed by atoms with Gasteiger partial charge in [0, 0.05) is 11.3 Å². The van der Waals surface area contributed by atoms with Gasteiger partial charge in [-0.3, -0.25) is 4.79 Å². The molecule has 0 aromatic heterocycles. The summed E-state index contributed by atoms with van der Waals surface area (Å²) >= 11 is 0. The third-order valence-electron chi connectivity index (χ3n) is 2.72. The van der Waals surface area contributed by atoms with E-state index in [1.54, 1.807) is 0 Å². The molecule has 7 nitrogen and oxygen atoms in total. The Labute approximate surface area is 109 Å². The SMILES string of the molecule is Nc1ccc(C(=O)[C@@H](O)[C@@H](O)[C@H](O)[C@H](O)CO)cc1. The molecule has 7 heteroatoms. The second kappa shape index (κ2) is 6.60. The maximum atomic E-state index is 11.8. The quantitative estimate of drug-likeness (QED) is 0.256. The normalized spacial score (nSPS) is 17.5. The van der Waals surface area contributed by atoms with Crippen molar-refractivity contribution < 1.29 is 30.3 Å². The van der Waals surface area contributed by atoms with Crippen molar-refractivity contribution in [3.05, 3.63) is 29.8 Å². The fourth-order valence-corrected chi connectivity index (χ4v) is 1.50. The Bertz CT molecular complexity index is 421. The van der Waals surface area contributed by atoms with E-state index >= 15 is 0 Å². The van der Waals surface area contributed by atoms with Gasteiger partial charge in [0.25, 0.3) is 0 Å². The van der Waals surface area contributed by atoms with E-state index in [1.165, 1.54) is 24.3 Å². The van der Waals surface area contributed by atoms with Crippen LogP contribution in [0.1, 0.15) is 10.4 Å². The summed E-state index contributed by atoms with van der Waals surface area (Å²) in [6.07, 6.45) is -7.31. The van der Waals surface area contributed by atoms with E-state index in [4.69, 9.17) is 15.9 Å². The second-order valence-corrected chi connectivity index (χ2v) is 4.16. The van der Waals surface area contributed by atoms with Crippen LogP contribution in [0.4, 0.5) is 5.69 Å². The van der Waals surface area contributed by atoms with Gasteiger partial charge in [0.05, 0.1) is 6.61 Å². The molecule has 0 aliphatic carbocycles. The molecule has 1 rings (SSSR count). The van der Waals surface area contributed by atoms with Crippen LogP contribution in [0.2, 0.25) is 0 Å². The van der Waals surface area contributed by atoms with Gasteiger partial charge < -0.3 is 31.3 Å². The van der Waals surface area contributed by atoms with Crippen molar-refractivity contribution in [2.75, 3.05) is 12.3 Å². The van der Waals surface area contributed by atoms with Gasteiger partial charge in [-0.2, -0.15) is 0 Å². The molecule has 7 N–H and O–H groups in total. The average Bonchev–Trinajstić information content (AvgIpc) is 2.44. The van der Waals surface area contributed by atoms with E-state index in [2.05, 4.69) is 0 Å². The molecule has 0 heterocycles. The zero-order valence-electron chi connectivity index (χ0n) is 10.0. The van der Waals surface area contributed by atoms with Crippen molar-refractivity contribution in [1.29, 1.82) is 0 Å². The number of rotatable bonds is 6. The van der Waals surface area contributed by atoms with Crippen molar-refractivity contribution in [2.45, 2.75) is 24.4 Å². The van der Waals surface area contributed by atoms with Crippen LogP contribution in [0.3, 0.4) is 0 Å². The predicted molar refractivity (Wildman–Crippen MR) is 66.3 cm³/mol. The van der Waals surface area contributed by atoms with Crippen LogP contribution < -0.4 is 5.73 Å². The molecule has 0 unspecified atom stereocenters. The van der Waals surface area contributed by atoms with E-state index in [-0.39, 0.29) is 5.56 Å². The Morgan fingerprint density at radius 3 is 2.05 bits per heavy atom. The molecule has 0 amide bonds. The Morgan fingerprint density at radius 2 is 1.58 bits per heavy atom. The van der Waals surface area contributed by atoms with E-state index in [1.807, 2.05) is 0 Å². The van der Waals surface area contributed by atoms with Crippen LogP contribution in [-0.4, -0.2) is 62.3 Å². The zero-order valence-corrected chi connectivity index (χ0v) is 10.0. The molecule has 4 atom stereocenters. The minimum atomic E-state index is -1.92. The summed E-state index contributed by atoms with van der Waals surface area (Å²) < 4.78 is 0. The standard InChI is InChI=1S/C12H17NO6/c13-7-3-1-6(2-4-7)9(16)11(18)12(19)10(17)8(15)5-14/h1-4,8,10-12,14-15,17-19H,5,13H2/t8-,10-,11-,12+/m1/s1. The maximum absolute atomic E-state index is 11.8. The number of carbonyl (C=O) groups excluding carboxylic acids is 1. The molecule has 106 valence electrons. The van der Waals surface area contributed by atoms with Crippen molar-refractivity contribution in [2.24, 2.45) is 0 Å². The highest BCUT2D eigenvalue weighted by Gasteiger charge is 2.34. The monoisotopic (exact) mass is 271 g/mol. The third-order valence-corrected chi connectivity index (χ3v) is 2.72. The summed E-state index contributed by atoms with van der Waals surface area (Å²) in [6, 6.07) is 5.63. The van der Waals surface area contributed by atoms with E-state index in [0.717, 1.165) is 0 Å². The summed E-state index contributed by atoms with van der Waals surface area (Å²) in [5.41, 5.74) is 5.98. The largest absolute Gasteiger partial charge is 0.399 e. The molecule has 19 heavy (non-hydrogen) atoms. The number of aliphatic hydroxyl groups excluding tert-OH is 5. The first-order valence-corrected chi connectivity index (χ1v) is 5.61. The first-order chi connectivity index (χ1) is 8.88. The smallest absolute Gasteiger partial charge is 0.194 e. The molecule has 0 aliphatic heterocycles. The van der Waals surface area contributed by atoms with Crippen LogP contribution in [0, 0.1) is 0 Å². The van der Waals surface area contributed by atoms with Crippen LogP contribution in [0.15, 0.2) is 24.3 Å². The van der Waals surface area contributed by atoms with Gasteiger partial charge >= 0.3 is 0 Å². The molecule has 1 aromatic carbocycles. The van der Waals surface area contributed by atoms with Crippen LogP contribution in [0.25, 0.3) is 0 Å². The fraction of sp³-hybridized carbons (Fsp3) is 0.417. The number of Topliss-reactive ketones (excluding diaryl/α,β-unsaturated/α-hetero) is 1. The molecule has 0 fully saturated rings. The second-order valence-electron chi connectivity index (χ2n) is 4.16. The van der Waals surface area contributed by atoms with Gasteiger partial charge in [-0.25, -0.2) is 0 Å². The average molecular weight is 271 g/mol. The van der Waals surface area contributed by atoms with Gasteiger partial charge in [-0.15, -0.1) is 0 Å². The van der Waals surface area contributed by atoms with Crippen molar-refractivity contribution >= 4 is 11.5 Å². The lowest BCUT2D eigenvalue weighted by Crippen LogP contribution is -2.48. The number of benzene rings is 1. The number of carbonyl (C=O) groups is 1. The van der Waals surface area contributed by atoms with Crippen LogP contribution in [-0.2, 0) is 0 Å². The van der Waals surface area contributed by atoms with Crippen molar-refractivity contribution in [1.82, 2.24) is 0 Å². The highest BCUT2D eigenvalue weighted by Crippen LogP contribution is 2.13. The lowest BCUT2D eigenvalue weighted by Gasteiger charge is -2.24. The van der Waals surface area contributed by atoms with Crippen molar-refractivity contribution in [3.8, 4) is 0 Å². The molecule has 0 saturated heterocycles. The summed E-state index contributed by atoms with van der Waals surface area (Å²) in [5, 5.41) is 46.4. The number of nitrogens with two attached hydrogens (primary N) is 1. The Hall–Kier alpha value is -1.51. The van der Waals surface area contributed by atoms with Gasteiger partial charge in [0.15, 0.2) is 5.78 Å². The first-order valence-electron chi connectivity index (χ1n) is 5.61. The molecule has 0 bridgehead atoms. The van der Waals surface area contributed by atoms with Gasteiger partial charge in [-0.05, 0) is 24.3 Å². The summed E-state index contributed by atoms with van der Waals surface area (Å²) in [5.74, 6) is -0.823. The molecule has 0 spiro atoms. The lowest BCUT2D eigenvalue weighted by molar-refractivity contribution is -0.105.